The second kappa shape index (κ2) is 11.9. The molecule has 0 aliphatic carbocycles. The van der Waals surface area contributed by atoms with Gasteiger partial charge in [0.2, 0.25) is 0 Å². The third-order valence-corrected chi connectivity index (χ3v) is 8.80. The molecule has 0 aliphatic heterocycles. The van der Waals surface area contributed by atoms with Crippen LogP contribution >= 0.6 is 0 Å². The summed E-state index contributed by atoms with van der Waals surface area (Å²) in [4.78, 5) is 13.7. The number of nitrogens with one attached hydrogen (secondary N) is 2. The highest BCUT2D eigenvalue weighted by Crippen LogP contribution is 2.32. The molecule has 0 heterocycles. The Morgan fingerprint density at radius 2 is 1.32 bits per heavy atom. The van der Waals surface area contributed by atoms with Gasteiger partial charge in [-0.2, -0.15) is 0 Å². The average Bonchev–Trinajstić information content (AvgIpc) is 2.96. The molecule has 4 rings (SSSR count). The number of hydrogen-bond donors (Lipinski definition) is 2. The first kappa shape index (κ1) is 29.4. The van der Waals surface area contributed by atoms with Crippen LogP contribution in [0.3, 0.4) is 0 Å². The van der Waals surface area contributed by atoms with Crippen molar-refractivity contribution in [2.75, 3.05) is 37.8 Å². The molecule has 0 atom stereocenters. The minimum atomic E-state index is -4.19. The first-order chi connectivity index (χ1) is 19.4. The lowest BCUT2D eigenvalue weighted by atomic mass is 10.0. The first-order valence-corrected chi connectivity index (χ1v) is 15.2. The third kappa shape index (κ3) is 6.79. The van der Waals surface area contributed by atoms with Gasteiger partial charge >= 0.3 is 0 Å². The molecule has 214 valence electrons. The topological polar surface area (TPSA) is 131 Å². The van der Waals surface area contributed by atoms with Crippen LogP contribution in [-0.4, -0.2) is 56.0 Å². The Bertz CT molecular complexity index is 1800. The molecule has 0 aromatic heterocycles. The fraction of sp³-hybridized carbons (Fsp3) is 0.138. The lowest BCUT2D eigenvalue weighted by Gasteiger charge is -2.15. The summed E-state index contributed by atoms with van der Waals surface area (Å²) in [5, 5.41) is 0. The van der Waals surface area contributed by atoms with E-state index < -0.39 is 20.0 Å². The predicted octanol–water partition coefficient (Wildman–Crippen LogP) is 4.67. The summed E-state index contributed by atoms with van der Waals surface area (Å²) >= 11 is 0. The van der Waals surface area contributed by atoms with E-state index in [4.69, 9.17) is 9.47 Å². The Labute approximate surface area is 239 Å². The largest absolute Gasteiger partial charge is 0.497 e. The maximum Gasteiger partial charge on any atom is 0.265 e. The van der Waals surface area contributed by atoms with Crippen molar-refractivity contribution in [3.8, 4) is 22.6 Å². The Kier molecular flexibility index (Phi) is 8.55. The van der Waals surface area contributed by atoms with E-state index in [1.54, 1.807) is 56.6 Å². The summed E-state index contributed by atoms with van der Waals surface area (Å²) in [6.45, 7) is 0. The van der Waals surface area contributed by atoms with Crippen molar-refractivity contribution in [2.45, 2.75) is 9.79 Å². The highest BCUT2D eigenvalue weighted by atomic mass is 32.2. The minimum absolute atomic E-state index is 0.0132. The molecule has 0 saturated carbocycles. The maximum atomic E-state index is 13.5. The van der Waals surface area contributed by atoms with Gasteiger partial charge in [-0.1, -0.05) is 30.3 Å². The first-order valence-electron chi connectivity index (χ1n) is 12.2. The van der Waals surface area contributed by atoms with Crippen LogP contribution < -0.4 is 18.9 Å². The fourth-order valence-corrected chi connectivity index (χ4v) is 6.32. The number of methoxy groups -OCH3 is 2. The molecule has 0 spiro atoms. The minimum Gasteiger partial charge on any atom is -0.497 e. The van der Waals surface area contributed by atoms with Crippen LogP contribution in [0.15, 0.2) is 101 Å². The molecule has 0 unspecified atom stereocenters. The van der Waals surface area contributed by atoms with Crippen molar-refractivity contribution < 1.29 is 31.1 Å². The summed E-state index contributed by atoms with van der Waals surface area (Å²) in [7, 11) is -2.07. The number of carbonyl (C=O) groups excluding carboxylic acids is 1. The molecule has 0 saturated heterocycles. The molecule has 0 bridgehead atoms. The molecule has 12 heteroatoms. The number of nitrogens with zero attached hydrogens (tertiary/aromatic N) is 1. The molecule has 0 aliphatic rings. The molecule has 1 amide bonds. The second-order valence-electron chi connectivity index (χ2n) is 9.12. The van der Waals surface area contributed by atoms with Gasteiger partial charge in [-0.25, -0.2) is 16.8 Å². The maximum absolute atomic E-state index is 13.5. The van der Waals surface area contributed by atoms with Gasteiger partial charge in [-0.05, 0) is 65.7 Å². The normalized spacial score (nSPS) is 11.4. The molecule has 4 aromatic carbocycles. The smallest absolute Gasteiger partial charge is 0.265 e. The molecule has 4 aromatic rings. The van der Waals surface area contributed by atoms with E-state index in [2.05, 4.69) is 9.44 Å². The van der Waals surface area contributed by atoms with Gasteiger partial charge in [-0.15, -0.1) is 0 Å². The number of benzene rings is 4. The lowest BCUT2D eigenvalue weighted by molar-refractivity contribution is 0.0827. The van der Waals surface area contributed by atoms with E-state index in [1.807, 2.05) is 0 Å². The zero-order valence-corrected chi connectivity index (χ0v) is 24.4. The second-order valence-corrected chi connectivity index (χ2v) is 12.5. The number of carbonyl (C=O) groups is 1. The highest BCUT2D eigenvalue weighted by Gasteiger charge is 2.22. The van der Waals surface area contributed by atoms with Crippen LogP contribution in [0, 0.1) is 0 Å². The third-order valence-electron chi connectivity index (χ3n) is 6.02. The number of amides is 1. The summed E-state index contributed by atoms with van der Waals surface area (Å²) < 4.78 is 68.2. The molecule has 0 fully saturated rings. The van der Waals surface area contributed by atoms with Gasteiger partial charge in [0.05, 0.1) is 30.5 Å². The number of rotatable bonds is 10. The lowest BCUT2D eigenvalue weighted by Crippen LogP contribution is -2.21. The quantitative estimate of drug-likeness (QED) is 0.272. The standard InChI is InChI=1S/C29H29N3O7S2/c1-32(2)29(33)22-9-5-8-20(16-22)21-14-15-27(39-4)28(17-21)41(36,37)31-24-11-6-10-23(18-24)30-40(34,35)26-13-7-12-25(19-26)38-3/h5-19,30-31H,1-4H3. The zero-order chi connectivity index (χ0) is 29.8. The molecule has 10 nitrogen and oxygen atoms in total. The summed E-state index contributed by atoms with van der Waals surface area (Å²) in [6.07, 6.45) is 0. The number of ether oxygens (including phenoxy) is 2. The Hall–Kier alpha value is -4.55. The monoisotopic (exact) mass is 595 g/mol. The van der Waals surface area contributed by atoms with Crippen LogP contribution in [0.1, 0.15) is 10.4 Å². The van der Waals surface area contributed by atoms with E-state index in [0.29, 0.717) is 22.4 Å². The molecule has 41 heavy (non-hydrogen) atoms. The van der Waals surface area contributed by atoms with Crippen molar-refractivity contribution in [1.82, 2.24) is 4.90 Å². The van der Waals surface area contributed by atoms with E-state index in [-0.39, 0.29) is 32.8 Å². The van der Waals surface area contributed by atoms with Crippen LogP contribution in [-0.2, 0) is 20.0 Å². The Morgan fingerprint density at radius 1 is 0.683 bits per heavy atom. The molecule has 2 N–H and O–H groups in total. The van der Waals surface area contributed by atoms with Gasteiger partial charge in [-0.3, -0.25) is 14.2 Å². The van der Waals surface area contributed by atoms with Gasteiger partial charge < -0.3 is 14.4 Å². The zero-order valence-electron chi connectivity index (χ0n) is 22.8. The highest BCUT2D eigenvalue weighted by molar-refractivity contribution is 7.93. The van der Waals surface area contributed by atoms with E-state index in [0.717, 1.165) is 0 Å². The van der Waals surface area contributed by atoms with Gasteiger partial charge in [0, 0.05) is 25.7 Å². The summed E-state index contributed by atoms with van der Waals surface area (Å²) in [5.74, 6) is 0.301. The van der Waals surface area contributed by atoms with Crippen molar-refractivity contribution in [2.24, 2.45) is 0 Å². The van der Waals surface area contributed by atoms with Crippen molar-refractivity contribution in [3.63, 3.8) is 0 Å². The predicted molar refractivity (Wildman–Crippen MR) is 158 cm³/mol. The van der Waals surface area contributed by atoms with Crippen molar-refractivity contribution in [1.29, 1.82) is 0 Å². The number of hydrogen-bond acceptors (Lipinski definition) is 7. The Balaban J connectivity index is 1.63. The van der Waals surface area contributed by atoms with Crippen LogP contribution in [0.2, 0.25) is 0 Å². The van der Waals surface area contributed by atoms with E-state index in [1.165, 1.54) is 67.7 Å². The number of sulfonamides is 2. The molecular formula is C29H29N3O7S2. The van der Waals surface area contributed by atoms with Gasteiger partial charge in [0.25, 0.3) is 26.0 Å². The number of anilines is 2. The summed E-state index contributed by atoms with van der Waals surface area (Å²) in [5.41, 5.74) is 1.93. The SMILES string of the molecule is COc1cccc(S(=O)(=O)Nc2cccc(NS(=O)(=O)c3cc(-c4cccc(C(=O)N(C)C)c4)ccc3OC)c2)c1. The molecule has 0 radical (unpaired) electrons. The van der Waals surface area contributed by atoms with E-state index >= 15 is 0 Å². The van der Waals surface area contributed by atoms with E-state index in [9.17, 15) is 21.6 Å². The van der Waals surface area contributed by atoms with Gasteiger partial charge in [0.15, 0.2) is 0 Å². The Morgan fingerprint density at radius 3 is 1.98 bits per heavy atom. The fourth-order valence-electron chi connectivity index (χ4n) is 3.99. The summed E-state index contributed by atoms with van der Waals surface area (Å²) in [6, 6.07) is 23.4. The van der Waals surface area contributed by atoms with Crippen molar-refractivity contribution in [3.05, 3.63) is 96.6 Å². The van der Waals surface area contributed by atoms with Crippen LogP contribution in [0.25, 0.3) is 11.1 Å². The average molecular weight is 596 g/mol. The molecular weight excluding hydrogens is 566 g/mol. The van der Waals surface area contributed by atoms with Crippen LogP contribution in [0.4, 0.5) is 11.4 Å². The van der Waals surface area contributed by atoms with Crippen LogP contribution in [0.5, 0.6) is 11.5 Å². The van der Waals surface area contributed by atoms with Crippen molar-refractivity contribution >= 4 is 37.3 Å². The van der Waals surface area contributed by atoms with Gasteiger partial charge in [0.1, 0.15) is 16.4 Å².